The van der Waals surface area contributed by atoms with Crippen LogP contribution in [0.1, 0.15) is 40.5 Å². The van der Waals surface area contributed by atoms with Crippen LogP contribution in [0.3, 0.4) is 0 Å². The lowest BCUT2D eigenvalue weighted by Crippen LogP contribution is -2.61. The van der Waals surface area contributed by atoms with E-state index in [0.717, 1.165) is 6.42 Å². The Hall–Kier alpha value is -2.29. The number of rotatable bonds is 9. The zero-order valence-corrected chi connectivity index (χ0v) is 15.8. The first-order valence-electron chi connectivity index (χ1n) is 8.62. The molecule has 10 heteroatoms. The third-order valence-electron chi connectivity index (χ3n) is 3.65. The van der Waals surface area contributed by atoms with Crippen LogP contribution >= 0.6 is 0 Å². The summed E-state index contributed by atoms with van der Waals surface area (Å²) in [5.41, 5.74) is 0. The van der Waals surface area contributed by atoms with E-state index in [-0.39, 0.29) is 13.2 Å². The van der Waals surface area contributed by atoms with Crippen molar-refractivity contribution in [1.29, 1.82) is 0 Å². The minimum absolute atomic E-state index is 0.265. The number of carbonyl (C=O) groups is 3. The van der Waals surface area contributed by atoms with Gasteiger partial charge in [-0.1, -0.05) is 13.3 Å². The van der Waals surface area contributed by atoms with Crippen LogP contribution < -0.4 is 0 Å². The van der Waals surface area contributed by atoms with E-state index in [1.165, 1.54) is 26.9 Å². The first kappa shape index (κ1) is 22.8. The fraction of sp³-hybridized carbons (Fsp3) is 0.765. The Morgan fingerprint density at radius 2 is 1.63 bits per heavy atom. The lowest BCUT2D eigenvalue weighted by molar-refractivity contribution is -0.254. The third kappa shape index (κ3) is 7.46. The monoisotopic (exact) mass is 387 g/mol. The Kier molecular flexibility index (Phi) is 9.63. The van der Waals surface area contributed by atoms with E-state index in [2.05, 4.69) is 4.99 Å². The largest absolute Gasteiger partial charge is 0.463 e. The van der Waals surface area contributed by atoms with Crippen molar-refractivity contribution in [3.63, 3.8) is 0 Å². The fourth-order valence-electron chi connectivity index (χ4n) is 2.59. The van der Waals surface area contributed by atoms with E-state index in [9.17, 15) is 19.2 Å². The van der Waals surface area contributed by atoms with Crippen molar-refractivity contribution >= 4 is 24.0 Å². The Labute approximate surface area is 157 Å². The van der Waals surface area contributed by atoms with Crippen molar-refractivity contribution in [2.24, 2.45) is 4.99 Å². The summed E-state index contributed by atoms with van der Waals surface area (Å²) < 4.78 is 26.9. The second-order valence-corrected chi connectivity index (χ2v) is 5.93. The number of isocyanates is 1. The second-order valence-electron chi connectivity index (χ2n) is 5.93. The molecule has 0 bridgehead atoms. The van der Waals surface area contributed by atoms with Gasteiger partial charge < -0.3 is 23.7 Å². The molecular formula is C17H25NO9. The molecule has 0 aromatic carbocycles. The van der Waals surface area contributed by atoms with Crippen molar-refractivity contribution in [3.05, 3.63) is 0 Å². The van der Waals surface area contributed by atoms with Gasteiger partial charge in [-0.3, -0.25) is 14.4 Å². The van der Waals surface area contributed by atoms with Gasteiger partial charge in [0.25, 0.3) is 0 Å². The van der Waals surface area contributed by atoms with Crippen molar-refractivity contribution in [1.82, 2.24) is 0 Å². The van der Waals surface area contributed by atoms with E-state index >= 15 is 0 Å². The fourth-order valence-corrected chi connectivity index (χ4v) is 2.59. The van der Waals surface area contributed by atoms with Gasteiger partial charge in [0.05, 0.1) is 0 Å². The molecule has 1 rings (SSSR count). The molecule has 0 spiro atoms. The van der Waals surface area contributed by atoms with Gasteiger partial charge in [0.15, 0.2) is 12.2 Å². The van der Waals surface area contributed by atoms with Gasteiger partial charge >= 0.3 is 17.9 Å². The predicted octanol–water partition coefficient (Wildman–Crippen LogP) is 0.659. The number of hydrogen-bond acceptors (Lipinski definition) is 10. The normalized spacial score (nSPS) is 27.2. The van der Waals surface area contributed by atoms with Crippen LogP contribution in [-0.2, 0) is 42.9 Å². The van der Waals surface area contributed by atoms with Gasteiger partial charge in [0.2, 0.25) is 12.3 Å². The van der Waals surface area contributed by atoms with Gasteiger partial charge in [-0.05, 0) is 6.42 Å². The Balaban J connectivity index is 3.21. The van der Waals surface area contributed by atoms with Gasteiger partial charge in [0, 0.05) is 27.4 Å². The number of unbranched alkanes of at least 4 members (excludes halogenated alkanes) is 1. The molecule has 0 aliphatic carbocycles. The number of ether oxygens (including phenoxy) is 5. The SMILES string of the molecule is CCCCO[C@@H]1[C@@H](OC(C)=O)[C@H](N=C=O)O[C@H](COC(C)=O)[C@H]1OC(C)=O. The molecule has 0 saturated carbocycles. The predicted molar refractivity (Wildman–Crippen MR) is 89.2 cm³/mol. The van der Waals surface area contributed by atoms with Crippen LogP contribution in [0.5, 0.6) is 0 Å². The van der Waals surface area contributed by atoms with Gasteiger partial charge in [-0.2, -0.15) is 4.99 Å². The summed E-state index contributed by atoms with van der Waals surface area (Å²) >= 11 is 0. The van der Waals surface area contributed by atoms with Crippen LogP contribution in [0.25, 0.3) is 0 Å². The first-order valence-corrected chi connectivity index (χ1v) is 8.62. The molecule has 1 heterocycles. The highest BCUT2D eigenvalue weighted by Crippen LogP contribution is 2.29. The van der Waals surface area contributed by atoms with Crippen molar-refractivity contribution < 1.29 is 42.9 Å². The Morgan fingerprint density at radius 3 is 2.15 bits per heavy atom. The highest BCUT2D eigenvalue weighted by Gasteiger charge is 2.51. The van der Waals surface area contributed by atoms with E-state index < -0.39 is 48.6 Å². The highest BCUT2D eigenvalue weighted by atomic mass is 16.6. The summed E-state index contributed by atoms with van der Waals surface area (Å²) in [7, 11) is 0. The maximum absolute atomic E-state index is 11.6. The molecule has 10 nitrogen and oxygen atoms in total. The summed E-state index contributed by atoms with van der Waals surface area (Å²) in [6.45, 7) is 5.57. The molecule has 27 heavy (non-hydrogen) atoms. The van der Waals surface area contributed by atoms with Crippen molar-refractivity contribution in [2.45, 2.75) is 71.2 Å². The average molecular weight is 387 g/mol. The number of carbonyl (C=O) groups excluding carboxylic acids is 4. The van der Waals surface area contributed by atoms with Crippen molar-refractivity contribution in [2.75, 3.05) is 13.2 Å². The number of esters is 3. The molecule has 1 aliphatic rings. The van der Waals surface area contributed by atoms with Crippen molar-refractivity contribution in [3.8, 4) is 0 Å². The summed E-state index contributed by atoms with van der Waals surface area (Å²) in [6, 6.07) is 0. The molecule has 152 valence electrons. The number of nitrogens with zero attached hydrogens (tertiary/aromatic N) is 1. The lowest BCUT2D eigenvalue weighted by Gasteiger charge is -2.43. The number of aliphatic imine (C=N–C) groups is 1. The van der Waals surface area contributed by atoms with Gasteiger partial charge in [-0.25, -0.2) is 4.79 Å². The Bertz CT molecular complexity index is 573. The van der Waals surface area contributed by atoms with Crippen LogP contribution in [0.15, 0.2) is 4.99 Å². The van der Waals surface area contributed by atoms with Crippen LogP contribution in [-0.4, -0.2) is 67.8 Å². The summed E-state index contributed by atoms with van der Waals surface area (Å²) in [4.78, 5) is 48.5. The molecule has 0 aromatic rings. The quantitative estimate of drug-likeness (QED) is 0.184. The summed E-state index contributed by atoms with van der Waals surface area (Å²) in [6.07, 6.45) is -2.47. The molecule has 0 radical (unpaired) electrons. The number of hydrogen-bond donors (Lipinski definition) is 0. The minimum atomic E-state index is -1.25. The molecule has 0 unspecified atom stereocenters. The van der Waals surface area contributed by atoms with E-state index in [0.29, 0.717) is 6.42 Å². The lowest BCUT2D eigenvalue weighted by atomic mass is 9.97. The van der Waals surface area contributed by atoms with Gasteiger partial charge in [0.1, 0.15) is 18.8 Å². The molecule has 0 aromatic heterocycles. The Morgan fingerprint density at radius 1 is 1.00 bits per heavy atom. The highest BCUT2D eigenvalue weighted by molar-refractivity contribution is 5.67. The first-order chi connectivity index (χ1) is 12.8. The third-order valence-corrected chi connectivity index (χ3v) is 3.65. The van der Waals surface area contributed by atoms with E-state index in [1.807, 2.05) is 6.92 Å². The summed E-state index contributed by atoms with van der Waals surface area (Å²) in [5.74, 6) is -1.85. The van der Waals surface area contributed by atoms with Crippen LogP contribution in [0.2, 0.25) is 0 Å². The molecule has 1 saturated heterocycles. The second kappa shape index (κ2) is 11.4. The summed E-state index contributed by atoms with van der Waals surface area (Å²) in [5, 5.41) is 0. The van der Waals surface area contributed by atoms with E-state index in [4.69, 9.17) is 23.7 Å². The maximum Gasteiger partial charge on any atom is 0.303 e. The minimum Gasteiger partial charge on any atom is -0.463 e. The molecule has 0 amide bonds. The molecule has 0 N–H and O–H groups in total. The molecule has 1 fully saturated rings. The molecular weight excluding hydrogens is 362 g/mol. The van der Waals surface area contributed by atoms with Crippen LogP contribution in [0, 0.1) is 0 Å². The topological polar surface area (TPSA) is 127 Å². The average Bonchev–Trinajstić information content (AvgIpc) is 2.57. The standard InChI is InChI=1S/C17H25NO9/c1-5-6-7-23-15-14(25-11(3)21)13(8-24-10(2)20)27-17(18-9-19)16(15)26-12(4)22/h13-17H,5-8H2,1-4H3/t13-,14-,15+,16-,17-/m1/s1. The maximum atomic E-state index is 11.6. The van der Waals surface area contributed by atoms with E-state index in [1.54, 1.807) is 0 Å². The zero-order valence-electron chi connectivity index (χ0n) is 15.8. The molecule has 5 atom stereocenters. The zero-order chi connectivity index (χ0) is 20.4. The van der Waals surface area contributed by atoms with Crippen LogP contribution in [0.4, 0.5) is 0 Å². The smallest absolute Gasteiger partial charge is 0.303 e. The van der Waals surface area contributed by atoms with Gasteiger partial charge in [-0.15, -0.1) is 0 Å². The molecule has 1 aliphatic heterocycles.